The van der Waals surface area contributed by atoms with Gasteiger partial charge in [-0.2, -0.15) is 30.3 Å². The van der Waals surface area contributed by atoms with Crippen molar-refractivity contribution in [2.45, 2.75) is 26.6 Å². The molecule has 0 spiro atoms. The van der Waals surface area contributed by atoms with Gasteiger partial charge in [-0.05, 0) is 0 Å². The van der Waals surface area contributed by atoms with Crippen LogP contribution in [0.15, 0.2) is 24.4 Å². The molecule has 0 radical (unpaired) electrons. The number of hydrogen-bond donors (Lipinski definition) is 0. The Morgan fingerprint density at radius 2 is 1.73 bits per heavy atom. The smallest absolute Gasteiger partial charge is 0.194 e. The minimum Gasteiger partial charge on any atom is -0.194 e. The van der Waals surface area contributed by atoms with Crippen molar-refractivity contribution in [2.75, 3.05) is 0 Å². The van der Waals surface area contributed by atoms with E-state index < -0.39 is 8.07 Å². The summed E-state index contributed by atoms with van der Waals surface area (Å²) in [5, 5.41) is 0. The van der Waals surface area contributed by atoms with Crippen molar-refractivity contribution in [1.82, 2.24) is 0 Å². The van der Waals surface area contributed by atoms with Crippen LogP contribution < -0.4 is 51.4 Å². The van der Waals surface area contributed by atoms with Gasteiger partial charge in [0.25, 0.3) is 0 Å². The molecule has 11 heavy (non-hydrogen) atoms. The molecule has 0 unspecified atom stereocenters. The van der Waals surface area contributed by atoms with Crippen molar-refractivity contribution in [1.29, 1.82) is 0 Å². The number of allylic oxidation sites excluding steroid dienone is 2. The molecular weight excluding hydrogens is 175 g/mol. The summed E-state index contributed by atoms with van der Waals surface area (Å²) in [7, 11) is -0.985. The Morgan fingerprint density at radius 3 is 2.00 bits per heavy atom. The van der Waals surface area contributed by atoms with E-state index in [1.807, 2.05) is 6.08 Å². The maximum absolute atomic E-state index is 3.69. The van der Waals surface area contributed by atoms with Gasteiger partial charge in [0.05, 0.1) is 0 Å². The zero-order valence-corrected chi connectivity index (χ0v) is 12.6. The van der Waals surface area contributed by atoms with Crippen LogP contribution in [0, 0.1) is 5.92 Å². The van der Waals surface area contributed by atoms with E-state index in [4.69, 9.17) is 0 Å². The summed E-state index contributed by atoms with van der Waals surface area (Å²) in [6.45, 7) is 12.7. The van der Waals surface area contributed by atoms with Gasteiger partial charge in [0.2, 0.25) is 0 Å². The van der Waals surface area contributed by atoms with Crippen molar-refractivity contribution in [3.63, 3.8) is 0 Å². The summed E-state index contributed by atoms with van der Waals surface area (Å²) >= 11 is 0. The molecule has 0 atom stereocenters. The molecule has 0 aliphatic rings. The number of rotatable bonds is 3. The zero-order valence-electron chi connectivity index (χ0n) is 8.44. The molecule has 0 aromatic heterocycles. The first-order chi connectivity index (χ1) is 4.45. The summed E-state index contributed by atoms with van der Waals surface area (Å²) in [5.74, 6) is 1.25. The molecule has 0 aliphatic carbocycles. The fraction of sp³-hybridized carbons (Fsp3) is 0.444. The molecule has 0 amide bonds. The van der Waals surface area contributed by atoms with E-state index in [0.717, 1.165) is 0 Å². The van der Waals surface area contributed by atoms with Crippen molar-refractivity contribution in [3.8, 4) is 0 Å². The molecule has 0 aromatic carbocycles. The fourth-order valence-corrected chi connectivity index (χ4v) is 1.21. The van der Waals surface area contributed by atoms with Gasteiger partial charge >= 0.3 is 51.4 Å². The Kier molecular flexibility index (Phi) is 8.95. The summed E-state index contributed by atoms with van der Waals surface area (Å²) in [6, 6.07) is 0. The Hall–Kier alpha value is 1.20. The summed E-state index contributed by atoms with van der Waals surface area (Å²) < 4.78 is 0. The summed E-state index contributed by atoms with van der Waals surface area (Å²) in [6.07, 6.45) is 4.05. The molecule has 0 heterocycles. The molecular formula is C9H17KSi. The van der Waals surface area contributed by atoms with Crippen LogP contribution >= 0.6 is 0 Å². The van der Waals surface area contributed by atoms with Gasteiger partial charge in [0.1, 0.15) is 0 Å². The first-order valence-corrected chi connectivity index (χ1v) is 7.18. The Morgan fingerprint density at radius 1 is 1.27 bits per heavy atom. The molecule has 0 saturated carbocycles. The van der Waals surface area contributed by atoms with Crippen LogP contribution in [0.3, 0.4) is 0 Å². The summed E-state index contributed by atoms with van der Waals surface area (Å²) in [5.41, 5.74) is 2.32. The minimum absolute atomic E-state index is 0. The predicted octanol–water partition coefficient (Wildman–Crippen LogP) is 0.204. The molecule has 0 fully saturated rings. The first kappa shape index (κ1) is 14.7. The van der Waals surface area contributed by atoms with Crippen LogP contribution in [0.2, 0.25) is 19.6 Å². The molecule has 0 aliphatic heterocycles. The van der Waals surface area contributed by atoms with Gasteiger partial charge in [0, 0.05) is 8.07 Å². The molecule has 0 N–H and O–H groups in total. The van der Waals surface area contributed by atoms with Gasteiger partial charge in [-0.15, -0.1) is 0 Å². The number of hydrogen-bond acceptors (Lipinski definition) is 0. The third-order valence-electron chi connectivity index (χ3n) is 1.17. The first-order valence-electron chi connectivity index (χ1n) is 3.61. The molecule has 58 valence electrons. The fourth-order valence-electron chi connectivity index (χ4n) is 0.449. The van der Waals surface area contributed by atoms with Crippen molar-refractivity contribution in [3.05, 3.63) is 30.3 Å². The van der Waals surface area contributed by atoms with Gasteiger partial charge in [0.15, 0.2) is 0 Å². The van der Waals surface area contributed by atoms with Crippen molar-refractivity contribution >= 4 is 8.07 Å². The van der Waals surface area contributed by atoms with Crippen LogP contribution in [0.1, 0.15) is 6.92 Å². The van der Waals surface area contributed by atoms with Crippen molar-refractivity contribution < 1.29 is 51.4 Å². The van der Waals surface area contributed by atoms with Gasteiger partial charge in [-0.1, -0.05) is 26.6 Å². The van der Waals surface area contributed by atoms with E-state index >= 15 is 0 Å². The Labute approximate surface area is 115 Å². The largest absolute Gasteiger partial charge is 1.00 e. The van der Waals surface area contributed by atoms with Crippen LogP contribution in [0.5, 0.6) is 0 Å². The zero-order chi connectivity index (χ0) is 8.20. The summed E-state index contributed by atoms with van der Waals surface area (Å²) in [4.78, 5) is 0. The van der Waals surface area contributed by atoms with E-state index in [9.17, 15) is 0 Å². The van der Waals surface area contributed by atoms with Gasteiger partial charge in [-0.25, -0.2) is 0 Å². The second-order valence-electron chi connectivity index (χ2n) is 3.65. The SMILES string of the molecule is C=C[C-](C)/C=C/[Si](C)(C)C.[K+]. The van der Waals surface area contributed by atoms with Crippen molar-refractivity contribution in [2.24, 2.45) is 0 Å². The van der Waals surface area contributed by atoms with Gasteiger partial charge < -0.3 is 0 Å². The van der Waals surface area contributed by atoms with E-state index in [1.54, 1.807) is 0 Å². The standard InChI is InChI=1S/C9H17Si.K/c1-6-9(2)7-8-10(3,4)5;/h6-8H,1H2,2-5H3;/q-1;+1/b8-7+;. The normalized spacial score (nSPS) is 10.9. The monoisotopic (exact) mass is 192 g/mol. The second kappa shape index (κ2) is 6.69. The second-order valence-corrected chi connectivity index (χ2v) is 8.71. The molecule has 0 aromatic rings. The maximum Gasteiger partial charge on any atom is 1.00 e. The molecule has 0 bridgehead atoms. The van der Waals surface area contributed by atoms with E-state index in [2.05, 4.69) is 44.9 Å². The van der Waals surface area contributed by atoms with Crippen LogP contribution in [-0.2, 0) is 0 Å². The third-order valence-corrected chi connectivity index (χ3v) is 2.33. The van der Waals surface area contributed by atoms with E-state index in [1.165, 1.54) is 5.92 Å². The minimum atomic E-state index is -0.985. The van der Waals surface area contributed by atoms with Gasteiger partial charge in [-0.3, -0.25) is 0 Å². The average Bonchev–Trinajstić information content (AvgIpc) is 1.81. The van der Waals surface area contributed by atoms with Crippen LogP contribution in [0.4, 0.5) is 0 Å². The van der Waals surface area contributed by atoms with E-state index in [0.29, 0.717) is 0 Å². The predicted molar refractivity (Wildman–Crippen MR) is 51.6 cm³/mol. The molecule has 0 nitrogen and oxygen atoms in total. The van der Waals surface area contributed by atoms with Crippen LogP contribution in [-0.4, -0.2) is 8.07 Å². The molecule has 0 rings (SSSR count). The maximum atomic E-state index is 3.69. The Bertz CT molecular complexity index is 133. The van der Waals surface area contributed by atoms with Crippen LogP contribution in [0.25, 0.3) is 0 Å². The third kappa shape index (κ3) is 11.2. The molecule has 2 heteroatoms. The van der Waals surface area contributed by atoms with E-state index in [-0.39, 0.29) is 51.4 Å². The topological polar surface area (TPSA) is 0 Å². The Balaban J connectivity index is 0. The average molecular weight is 192 g/mol. The molecule has 0 saturated heterocycles. The quantitative estimate of drug-likeness (QED) is 0.443.